The number of nitrogens with one attached hydrogen (secondary N) is 1. The van der Waals surface area contributed by atoms with Gasteiger partial charge in [0.1, 0.15) is 4.34 Å². The third-order valence-corrected chi connectivity index (χ3v) is 8.25. The minimum atomic E-state index is -4.63. The molecular formula is C29H24ClF3N4O3S. The highest BCUT2D eigenvalue weighted by Gasteiger charge is 2.38. The number of hydrogen-bond acceptors (Lipinski definition) is 5. The Labute approximate surface area is 242 Å². The average molecular weight is 601 g/mol. The Kier molecular flexibility index (Phi) is 7.76. The Bertz CT molecular complexity index is 1630. The van der Waals surface area contributed by atoms with Gasteiger partial charge < -0.3 is 5.32 Å². The van der Waals surface area contributed by atoms with E-state index in [0.717, 1.165) is 33.6 Å². The van der Waals surface area contributed by atoms with Crippen molar-refractivity contribution in [2.75, 3.05) is 6.54 Å². The highest BCUT2D eigenvalue weighted by molar-refractivity contribution is 7.18. The second-order valence-corrected chi connectivity index (χ2v) is 11.2. The molecular weight excluding hydrogens is 577 g/mol. The number of imide groups is 1. The van der Waals surface area contributed by atoms with Crippen molar-refractivity contribution in [2.24, 2.45) is 0 Å². The van der Waals surface area contributed by atoms with Crippen LogP contribution in [-0.4, -0.2) is 45.0 Å². The van der Waals surface area contributed by atoms with Crippen molar-refractivity contribution in [1.82, 2.24) is 20.0 Å². The summed E-state index contributed by atoms with van der Waals surface area (Å²) in [5.74, 6) is -1.73. The normalized spacial score (nSPS) is 14.0. The quantitative estimate of drug-likeness (QED) is 0.242. The first kappa shape index (κ1) is 28.6. The Balaban J connectivity index is 1.46. The van der Waals surface area contributed by atoms with Gasteiger partial charge in [0.15, 0.2) is 0 Å². The fourth-order valence-corrected chi connectivity index (χ4v) is 6.18. The van der Waals surface area contributed by atoms with Gasteiger partial charge in [-0.3, -0.25) is 24.0 Å². The molecule has 3 heterocycles. The van der Waals surface area contributed by atoms with Gasteiger partial charge in [-0.2, -0.15) is 18.3 Å². The molecule has 1 atom stereocenters. The van der Waals surface area contributed by atoms with E-state index >= 15 is 0 Å². The third-order valence-electron chi connectivity index (χ3n) is 6.89. The third kappa shape index (κ3) is 5.51. The molecule has 12 heteroatoms. The molecule has 0 radical (unpaired) electrons. The number of hydrogen-bond donors (Lipinski definition) is 1. The van der Waals surface area contributed by atoms with Crippen LogP contribution in [0.4, 0.5) is 13.2 Å². The molecule has 0 saturated carbocycles. The first-order chi connectivity index (χ1) is 19.5. The van der Waals surface area contributed by atoms with E-state index in [9.17, 15) is 27.6 Å². The van der Waals surface area contributed by atoms with Crippen LogP contribution in [0.15, 0.2) is 60.8 Å². The molecule has 2 aromatic heterocycles. The molecule has 2 aromatic carbocycles. The predicted molar refractivity (Wildman–Crippen MR) is 149 cm³/mol. The molecule has 1 aliphatic heterocycles. The van der Waals surface area contributed by atoms with Gasteiger partial charge in [-0.1, -0.05) is 41.9 Å². The van der Waals surface area contributed by atoms with Crippen LogP contribution in [0.1, 0.15) is 54.0 Å². The smallest absolute Gasteiger partial charge is 0.346 e. The number of benzene rings is 2. The number of thiophene rings is 1. The summed E-state index contributed by atoms with van der Waals surface area (Å²) in [6.45, 7) is 4.06. The fraction of sp³-hybridized carbons (Fsp3) is 0.241. The lowest BCUT2D eigenvalue weighted by molar-refractivity contribution is -0.138. The Morgan fingerprint density at radius 1 is 1.05 bits per heavy atom. The van der Waals surface area contributed by atoms with Gasteiger partial charge in [-0.05, 0) is 55.7 Å². The number of halogens is 4. The van der Waals surface area contributed by atoms with Crippen molar-refractivity contribution in [1.29, 1.82) is 0 Å². The molecule has 1 N–H and O–H groups in total. The summed E-state index contributed by atoms with van der Waals surface area (Å²) in [5.41, 5.74) is 1.71. The summed E-state index contributed by atoms with van der Waals surface area (Å²) < 4.78 is 43.5. The number of aromatic nitrogens is 2. The first-order valence-corrected chi connectivity index (χ1v) is 13.9. The van der Waals surface area contributed by atoms with Crippen molar-refractivity contribution in [3.8, 4) is 11.3 Å². The zero-order chi connectivity index (χ0) is 29.5. The van der Waals surface area contributed by atoms with Crippen LogP contribution in [0.25, 0.3) is 11.3 Å². The minimum Gasteiger partial charge on any atom is -0.346 e. The van der Waals surface area contributed by atoms with Gasteiger partial charge >= 0.3 is 6.18 Å². The van der Waals surface area contributed by atoms with Gasteiger partial charge in [-0.15, -0.1) is 11.3 Å². The van der Waals surface area contributed by atoms with Gasteiger partial charge in [0, 0.05) is 18.7 Å². The molecule has 212 valence electrons. The van der Waals surface area contributed by atoms with E-state index in [2.05, 4.69) is 10.4 Å². The number of nitrogens with zero attached hydrogens (tertiary/aromatic N) is 3. The number of aryl methyl sites for hydroxylation is 2. The fourth-order valence-electron chi connectivity index (χ4n) is 5.00. The molecule has 4 aromatic rings. The summed E-state index contributed by atoms with van der Waals surface area (Å²) in [4.78, 5) is 40.7. The van der Waals surface area contributed by atoms with E-state index in [-0.39, 0.29) is 34.5 Å². The number of carbonyl (C=O) groups excluding carboxylic acids is 3. The summed E-state index contributed by atoms with van der Waals surface area (Å²) >= 11 is 7.54. The second kappa shape index (κ2) is 11.1. The second-order valence-electron chi connectivity index (χ2n) is 9.59. The number of carbonyl (C=O) groups is 3. The molecule has 0 bridgehead atoms. The summed E-state index contributed by atoms with van der Waals surface area (Å²) in [6.07, 6.45) is -3.21. The lowest BCUT2D eigenvalue weighted by Crippen LogP contribution is -2.47. The maximum atomic E-state index is 13.8. The largest absolute Gasteiger partial charge is 0.416 e. The van der Waals surface area contributed by atoms with Crippen LogP contribution in [0.3, 0.4) is 0 Å². The van der Waals surface area contributed by atoms with Crippen molar-refractivity contribution >= 4 is 40.7 Å². The van der Waals surface area contributed by atoms with Crippen LogP contribution in [0, 0.1) is 6.92 Å². The Hall–Kier alpha value is -3.96. The molecule has 7 nitrogen and oxygen atoms in total. The molecule has 1 unspecified atom stereocenters. The van der Waals surface area contributed by atoms with Crippen molar-refractivity contribution in [2.45, 2.75) is 39.0 Å². The molecule has 1 aliphatic rings. The summed E-state index contributed by atoms with van der Waals surface area (Å²) in [6, 6.07) is 11.9. The highest BCUT2D eigenvalue weighted by Crippen LogP contribution is 2.38. The lowest BCUT2D eigenvalue weighted by atomic mass is 9.99. The van der Waals surface area contributed by atoms with Gasteiger partial charge in [0.05, 0.1) is 39.5 Å². The highest BCUT2D eigenvalue weighted by atomic mass is 35.5. The van der Waals surface area contributed by atoms with E-state index in [1.165, 1.54) is 30.3 Å². The molecule has 0 aliphatic carbocycles. The molecule has 0 fully saturated rings. The lowest BCUT2D eigenvalue weighted by Gasteiger charge is -2.25. The standard InChI is InChI=1S/C29H24ClF3N4O3S/c1-3-37-24(16(2)14-34-37)21-13-23(41-25(21)30)26(38)35-18(12-17-8-4-7-11-22(17)29(31,32)33)15-36-27(39)19-9-5-6-10-20(19)28(36)40/h4-11,13-14,18H,3,12,15H2,1-2H3,(H,35,38). The zero-order valence-electron chi connectivity index (χ0n) is 22.0. The van der Waals surface area contributed by atoms with Crippen LogP contribution in [-0.2, 0) is 19.1 Å². The van der Waals surface area contributed by atoms with Crippen LogP contribution < -0.4 is 5.32 Å². The molecule has 41 heavy (non-hydrogen) atoms. The zero-order valence-corrected chi connectivity index (χ0v) is 23.5. The maximum Gasteiger partial charge on any atom is 0.416 e. The number of alkyl halides is 3. The van der Waals surface area contributed by atoms with Crippen LogP contribution in [0.2, 0.25) is 4.34 Å². The topological polar surface area (TPSA) is 84.3 Å². The summed E-state index contributed by atoms with van der Waals surface area (Å²) in [5, 5.41) is 7.08. The van der Waals surface area contributed by atoms with E-state index < -0.39 is 35.5 Å². The Morgan fingerprint density at radius 2 is 1.68 bits per heavy atom. The molecule has 3 amide bonds. The van der Waals surface area contributed by atoms with E-state index in [1.807, 2.05) is 13.8 Å². The number of rotatable bonds is 8. The van der Waals surface area contributed by atoms with E-state index in [1.54, 1.807) is 29.1 Å². The first-order valence-electron chi connectivity index (χ1n) is 12.7. The van der Waals surface area contributed by atoms with Crippen molar-refractivity contribution in [3.63, 3.8) is 0 Å². The molecule has 0 spiro atoms. The van der Waals surface area contributed by atoms with E-state index in [4.69, 9.17) is 11.6 Å². The molecule has 0 saturated heterocycles. The monoisotopic (exact) mass is 600 g/mol. The van der Waals surface area contributed by atoms with E-state index in [0.29, 0.717) is 16.4 Å². The SMILES string of the molecule is CCn1ncc(C)c1-c1cc(C(=O)NC(Cc2ccccc2C(F)(F)F)CN2C(=O)c3ccccc3C2=O)sc1Cl. The molecule has 5 rings (SSSR count). The Morgan fingerprint density at radius 3 is 2.32 bits per heavy atom. The van der Waals surface area contributed by atoms with Crippen molar-refractivity contribution in [3.05, 3.63) is 97.8 Å². The summed E-state index contributed by atoms with van der Waals surface area (Å²) in [7, 11) is 0. The van der Waals surface area contributed by atoms with Gasteiger partial charge in [-0.25, -0.2) is 0 Å². The number of amides is 3. The van der Waals surface area contributed by atoms with Gasteiger partial charge in [0.25, 0.3) is 17.7 Å². The van der Waals surface area contributed by atoms with Crippen molar-refractivity contribution < 1.29 is 27.6 Å². The maximum absolute atomic E-state index is 13.8. The van der Waals surface area contributed by atoms with Crippen LogP contribution >= 0.6 is 22.9 Å². The number of fused-ring (bicyclic) bond motifs is 1. The van der Waals surface area contributed by atoms with Crippen LogP contribution in [0.5, 0.6) is 0 Å². The minimum absolute atomic E-state index is 0.0747. The predicted octanol–water partition coefficient (Wildman–Crippen LogP) is 6.25. The average Bonchev–Trinajstić information content (AvgIpc) is 3.58. The van der Waals surface area contributed by atoms with Gasteiger partial charge in [0.2, 0.25) is 0 Å².